The van der Waals surface area contributed by atoms with Crippen LogP contribution >= 0.6 is 0 Å². The second-order valence-corrected chi connectivity index (χ2v) is 8.06. The molecule has 0 saturated carbocycles. The van der Waals surface area contributed by atoms with Crippen molar-refractivity contribution in [3.63, 3.8) is 0 Å². The molecule has 0 bridgehead atoms. The summed E-state index contributed by atoms with van der Waals surface area (Å²) in [6.07, 6.45) is -6.98. The molecule has 2 saturated heterocycles. The number of hydrogen-bond acceptors (Lipinski definition) is 3. The van der Waals surface area contributed by atoms with E-state index in [0.717, 1.165) is 17.0 Å². The van der Waals surface area contributed by atoms with Crippen LogP contribution in [0.4, 0.5) is 26.3 Å². The molecule has 1 aromatic rings. The summed E-state index contributed by atoms with van der Waals surface area (Å²) >= 11 is 0. The second kappa shape index (κ2) is 8.74. The number of likely N-dealkylation sites (tertiary alicyclic amines) is 2. The molecule has 1 atom stereocenters. The minimum atomic E-state index is -4.40. The quantitative estimate of drug-likeness (QED) is 0.657. The molecule has 2 aliphatic heterocycles. The first-order chi connectivity index (χ1) is 13.9. The Bertz CT molecular complexity index is 743. The van der Waals surface area contributed by atoms with Gasteiger partial charge in [0.05, 0.1) is 11.6 Å². The van der Waals surface area contributed by atoms with Gasteiger partial charge >= 0.3 is 12.4 Å². The Kier molecular flexibility index (Phi) is 6.66. The van der Waals surface area contributed by atoms with Gasteiger partial charge in [-0.25, -0.2) is 0 Å². The van der Waals surface area contributed by atoms with Crippen molar-refractivity contribution in [2.24, 2.45) is 0 Å². The Morgan fingerprint density at radius 1 is 1.03 bits per heavy atom. The summed E-state index contributed by atoms with van der Waals surface area (Å²) in [5.41, 5.74) is -0.102. The van der Waals surface area contributed by atoms with Crippen LogP contribution in [0.5, 0.6) is 0 Å². The second-order valence-electron chi connectivity index (χ2n) is 8.06. The molecule has 4 nitrogen and oxygen atoms in total. The summed E-state index contributed by atoms with van der Waals surface area (Å²) in [6, 6.07) is 4.88. The van der Waals surface area contributed by atoms with Gasteiger partial charge in [-0.3, -0.25) is 14.6 Å². The SMILES string of the molecule is CN(Cc1cccc(C(F)(F)F)c1)C1CCN([C@@H]2CCN(CC(F)(F)F)C2=O)CC1. The van der Waals surface area contributed by atoms with Gasteiger partial charge in [-0.05, 0) is 37.9 Å². The van der Waals surface area contributed by atoms with Gasteiger partial charge in [0, 0.05) is 32.2 Å². The van der Waals surface area contributed by atoms with Gasteiger partial charge in [-0.1, -0.05) is 18.2 Å². The van der Waals surface area contributed by atoms with Crippen LogP contribution in [0.15, 0.2) is 24.3 Å². The standard InChI is InChI=1S/C20H25F6N3O/c1-27(12-14-3-2-4-15(11-14)20(24,25)26)16-5-8-28(9-6-16)17-7-10-29(18(17)30)13-19(21,22)23/h2-4,11,16-17H,5-10,12-13H2,1H3/t17-/m1/s1. The minimum absolute atomic E-state index is 0.110. The highest BCUT2D eigenvalue weighted by Crippen LogP contribution is 2.30. The number of carbonyl (C=O) groups is 1. The predicted molar refractivity (Wildman–Crippen MR) is 98.5 cm³/mol. The third-order valence-electron chi connectivity index (χ3n) is 5.89. The predicted octanol–water partition coefficient (Wildman–Crippen LogP) is 3.76. The normalized spacial score (nSPS) is 22.3. The minimum Gasteiger partial charge on any atom is -0.332 e. The first-order valence-corrected chi connectivity index (χ1v) is 9.90. The molecule has 3 rings (SSSR count). The van der Waals surface area contributed by atoms with Crippen LogP contribution in [0, 0.1) is 0 Å². The van der Waals surface area contributed by atoms with Crippen molar-refractivity contribution in [3.8, 4) is 0 Å². The summed E-state index contributed by atoms with van der Waals surface area (Å²) in [5.74, 6) is -0.469. The van der Waals surface area contributed by atoms with Crippen LogP contribution < -0.4 is 0 Å². The fourth-order valence-corrected chi connectivity index (χ4v) is 4.34. The monoisotopic (exact) mass is 437 g/mol. The van der Waals surface area contributed by atoms with Crippen molar-refractivity contribution >= 4 is 5.91 Å². The van der Waals surface area contributed by atoms with Crippen LogP contribution in [0.1, 0.15) is 30.4 Å². The molecule has 0 radical (unpaired) electrons. The van der Waals surface area contributed by atoms with E-state index in [2.05, 4.69) is 0 Å². The molecule has 1 amide bonds. The molecule has 0 aliphatic carbocycles. The Morgan fingerprint density at radius 2 is 1.70 bits per heavy atom. The van der Waals surface area contributed by atoms with E-state index in [1.807, 2.05) is 16.8 Å². The lowest BCUT2D eigenvalue weighted by molar-refractivity contribution is -0.159. The maximum Gasteiger partial charge on any atom is 0.416 e. The molecule has 10 heteroatoms. The van der Waals surface area contributed by atoms with E-state index < -0.39 is 36.4 Å². The first-order valence-electron chi connectivity index (χ1n) is 9.90. The molecule has 0 spiro atoms. The molecule has 2 heterocycles. The lowest BCUT2D eigenvalue weighted by atomic mass is 10.0. The lowest BCUT2D eigenvalue weighted by Crippen LogP contribution is -2.50. The van der Waals surface area contributed by atoms with Crippen molar-refractivity contribution in [1.82, 2.24) is 14.7 Å². The molecule has 0 unspecified atom stereocenters. The third kappa shape index (κ3) is 5.66. The summed E-state index contributed by atoms with van der Waals surface area (Å²) in [5, 5.41) is 0. The zero-order valence-corrected chi connectivity index (χ0v) is 16.6. The number of halogens is 6. The number of hydrogen-bond donors (Lipinski definition) is 0. The Morgan fingerprint density at radius 3 is 2.30 bits per heavy atom. The topological polar surface area (TPSA) is 26.8 Å². The average Bonchev–Trinajstić information content (AvgIpc) is 3.00. The van der Waals surface area contributed by atoms with E-state index in [9.17, 15) is 31.1 Å². The zero-order chi connectivity index (χ0) is 22.1. The molecule has 168 valence electrons. The molecule has 30 heavy (non-hydrogen) atoms. The van der Waals surface area contributed by atoms with E-state index >= 15 is 0 Å². The van der Waals surface area contributed by atoms with Gasteiger partial charge in [-0.2, -0.15) is 26.3 Å². The lowest BCUT2D eigenvalue weighted by Gasteiger charge is -2.38. The summed E-state index contributed by atoms with van der Waals surface area (Å²) in [4.78, 5) is 17.1. The molecular formula is C20H25F6N3O. The highest BCUT2D eigenvalue weighted by Gasteiger charge is 2.42. The maximum absolute atomic E-state index is 12.9. The Balaban J connectivity index is 1.51. The number of benzene rings is 1. The fraction of sp³-hybridized carbons (Fsp3) is 0.650. The Hall–Kier alpha value is -1.81. The molecule has 0 aromatic heterocycles. The van der Waals surface area contributed by atoms with Gasteiger partial charge in [-0.15, -0.1) is 0 Å². The number of piperidine rings is 1. The fourth-order valence-electron chi connectivity index (χ4n) is 4.34. The van der Waals surface area contributed by atoms with Crippen LogP contribution in [-0.2, 0) is 17.5 Å². The third-order valence-corrected chi connectivity index (χ3v) is 5.89. The number of alkyl halides is 6. The zero-order valence-electron chi connectivity index (χ0n) is 16.6. The molecule has 2 aliphatic rings. The molecule has 1 aromatic carbocycles. The van der Waals surface area contributed by atoms with Crippen molar-refractivity contribution in [2.45, 2.75) is 50.2 Å². The summed E-state index contributed by atoms with van der Waals surface area (Å²) in [7, 11) is 1.85. The van der Waals surface area contributed by atoms with E-state index in [0.29, 0.717) is 44.5 Å². The number of rotatable bonds is 5. The van der Waals surface area contributed by atoms with Crippen LogP contribution in [0.25, 0.3) is 0 Å². The van der Waals surface area contributed by atoms with E-state index in [1.165, 1.54) is 6.07 Å². The molecular weight excluding hydrogens is 412 g/mol. The van der Waals surface area contributed by atoms with Gasteiger partial charge in [0.25, 0.3) is 0 Å². The van der Waals surface area contributed by atoms with E-state index in [-0.39, 0.29) is 12.6 Å². The van der Waals surface area contributed by atoms with Crippen molar-refractivity contribution < 1.29 is 31.1 Å². The average molecular weight is 437 g/mol. The van der Waals surface area contributed by atoms with E-state index in [4.69, 9.17) is 0 Å². The molecule has 2 fully saturated rings. The van der Waals surface area contributed by atoms with Gasteiger partial charge in [0.1, 0.15) is 6.54 Å². The number of nitrogens with zero attached hydrogens (tertiary/aromatic N) is 3. The van der Waals surface area contributed by atoms with Crippen LogP contribution in [0.3, 0.4) is 0 Å². The highest BCUT2D eigenvalue weighted by molar-refractivity contribution is 5.84. The van der Waals surface area contributed by atoms with Crippen LogP contribution in [-0.4, -0.2) is 72.1 Å². The summed E-state index contributed by atoms with van der Waals surface area (Å²) < 4.78 is 76.4. The first kappa shape index (κ1) is 22.9. The largest absolute Gasteiger partial charge is 0.416 e. The highest BCUT2D eigenvalue weighted by atomic mass is 19.4. The van der Waals surface area contributed by atoms with Gasteiger partial charge in [0.15, 0.2) is 0 Å². The smallest absolute Gasteiger partial charge is 0.332 e. The van der Waals surface area contributed by atoms with Crippen molar-refractivity contribution in [2.75, 3.05) is 33.2 Å². The van der Waals surface area contributed by atoms with Crippen LogP contribution in [0.2, 0.25) is 0 Å². The number of carbonyl (C=O) groups excluding carboxylic acids is 1. The molecule has 0 N–H and O–H groups in total. The maximum atomic E-state index is 12.9. The summed E-state index contributed by atoms with van der Waals surface area (Å²) in [6.45, 7) is 0.426. The van der Waals surface area contributed by atoms with Gasteiger partial charge in [0.2, 0.25) is 5.91 Å². The van der Waals surface area contributed by atoms with E-state index in [1.54, 1.807) is 6.07 Å². The van der Waals surface area contributed by atoms with Crippen molar-refractivity contribution in [1.29, 1.82) is 0 Å². The Labute approximate surface area is 171 Å². The number of amides is 1. The van der Waals surface area contributed by atoms with Gasteiger partial charge < -0.3 is 4.90 Å². The van der Waals surface area contributed by atoms with Crippen molar-refractivity contribution in [3.05, 3.63) is 35.4 Å².